The minimum absolute atomic E-state index is 0.109. The van der Waals surface area contributed by atoms with Crippen molar-refractivity contribution in [1.82, 2.24) is 0 Å². The molecule has 3 N–H and O–H groups in total. The molecule has 2 aromatic rings. The molecule has 0 aliphatic carbocycles. The molecule has 0 atom stereocenters. The van der Waals surface area contributed by atoms with Crippen LogP contribution in [0.5, 0.6) is 0 Å². The molecule has 1 aromatic carbocycles. The monoisotopic (exact) mass is 379 g/mol. The molecular weight excluding hydrogens is 354 g/mol. The zero-order valence-corrected chi connectivity index (χ0v) is 16.4. The average molecular weight is 380 g/mol. The van der Waals surface area contributed by atoms with E-state index in [0.717, 1.165) is 48.3 Å². The van der Waals surface area contributed by atoms with Crippen molar-refractivity contribution in [2.45, 2.75) is 20.4 Å². The maximum atomic E-state index is 12.4. The van der Waals surface area contributed by atoms with Gasteiger partial charge >= 0.3 is 0 Å². The average Bonchev–Trinajstić information content (AvgIpc) is 2.98. The van der Waals surface area contributed by atoms with Crippen molar-refractivity contribution in [3.63, 3.8) is 0 Å². The van der Waals surface area contributed by atoms with Crippen molar-refractivity contribution < 1.29 is 14.6 Å². The molecule has 4 nitrogen and oxygen atoms in total. The molecule has 1 aliphatic heterocycles. The minimum atomic E-state index is 0.109. The number of anilines is 1. The summed E-state index contributed by atoms with van der Waals surface area (Å²) < 4.78 is 0.863. The van der Waals surface area contributed by atoms with E-state index in [1.165, 1.54) is 15.3 Å². The quantitative estimate of drug-likeness (QED) is 0.710. The van der Waals surface area contributed by atoms with Gasteiger partial charge in [0.05, 0.1) is 9.21 Å². The molecule has 3 rings (SSSR count). The fourth-order valence-corrected chi connectivity index (χ4v) is 4.46. The molecule has 1 fully saturated rings. The molecule has 25 heavy (non-hydrogen) atoms. The van der Waals surface area contributed by atoms with Crippen LogP contribution in [0.25, 0.3) is 0 Å². The maximum absolute atomic E-state index is 12.4. The molecule has 1 saturated heterocycles. The van der Waals surface area contributed by atoms with Crippen LogP contribution in [0.2, 0.25) is 4.34 Å². The summed E-state index contributed by atoms with van der Waals surface area (Å²) in [5.41, 5.74) is 3.21. The van der Waals surface area contributed by atoms with Crippen molar-refractivity contribution >= 4 is 34.5 Å². The Morgan fingerprint density at radius 1 is 1.12 bits per heavy atom. The van der Waals surface area contributed by atoms with E-state index in [2.05, 4.69) is 23.5 Å². The van der Waals surface area contributed by atoms with Crippen molar-refractivity contribution in [1.29, 1.82) is 0 Å². The number of amides is 1. The molecule has 2 heterocycles. The van der Waals surface area contributed by atoms with E-state index in [4.69, 9.17) is 11.6 Å². The van der Waals surface area contributed by atoms with Gasteiger partial charge in [-0.25, -0.2) is 0 Å². The van der Waals surface area contributed by atoms with Crippen LogP contribution in [0.4, 0.5) is 5.69 Å². The van der Waals surface area contributed by atoms with Gasteiger partial charge in [-0.15, -0.1) is 11.3 Å². The molecule has 1 aliphatic rings. The van der Waals surface area contributed by atoms with E-state index in [1.54, 1.807) is 16.2 Å². The van der Waals surface area contributed by atoms with Crippen LogP contribution in [0.3, 0.4) is 0 Å². The van der Waals surface area contributed by atoms with Crippen molar-refractivity contribution in [2.75, 3.05) is 38.0 Å². The van der Waals surface area contributed by atoms with Gasteiger partial charge in [-0.3, -0.25) is 4.79 Å². The van der Waals surface area contributed by atoms with Crippen molar-refractivity contribution in [3.05, 3.63) is 50.7 Å². The SMILES string of the molecule is Cc1ccc(C)c(NC(=O)C[NH+]2CC[NH+](Cc3ccc(Cl)s3)CC2)c1. The first-order chi connectivity index (χ1) is 12.0. The Bertz CT molecular complexity index is 738. The number of benzene rings is 1. The Morgan fingerprint density at radius 3 is 2.52 bits per heavy atom. The van der Waals surface area contributed by atoms with E-state index in [1.807, 2.05) is 26.0 Å². The predicted octanol–water partition coefficient (Wildman–Crippen LogP) is 0.940. The largest absolute Gasteiger partial charge is 0.321 e. The first-order valence-corrected chi connectivity index (χ1v) is 9.97. The van der Waals surface area contributed by atoms with Gasteiger partial charge in [-0.2, -0.15) is 0 Å². The summed E-state index contributed by atoms with van der Waals surface area (Å²) in [6.45, 7) is 9.93. The molecule has 6 heteroatoms. The predicted molar refractivity (Wildman–Crippen MR) is 104 cm³/mol. The number of halogens is 1. The van der Waals surface area contributed by atoms with Crippen LogP contribution in [0.1, 0.15) is 16.0 Å². The summed E-state index contributed by atoms with van der Waals surface area (Å²) >= 11 is 7.68. The van der Waals surface area contributed by atoms with Crippen LogP contribution >= 0.6 is 22.9 Å². The number of carbonyl (C=O) groups excluding carboxylic acids is 1. The Morgan fingerprint density at radius 2 is 1.84 bits per heavy atom. The lowest BCUT2D eigenvalue weighted by atomic mass is 10.1. The number of thiophene rings is 1. The lowest BCUT2D eigenvalue weighted by molar-refractivity contribution is -1.01. The highest BCUT2D eigenvalue weighted by molar-refractivity contribution is 7.16. The highest BCUT2D eigenvalue weighted by Crippen LogP contribution is 2.20. The second-order valence-corrected chi connectivity index (χ2v) is 8.73. The van der Waals surface area contributed by atoms with E-state index in [0.29, 0.717) is 6.54 Å². The smallest absolute Gasteiger partial charge is 0.279 e. The Kier molecular flexibility index (Phi) is 6.12. The normalized spacial score (nSPS) is 20.4. The maximum Gasteiger partial charge on any atom is 0.279 e. The highest BCUT2D eigenvalue weighted by atomic mass is 35.5. The van der Waals surface area contributed by atoms with Gasteiger partial charge in [-0.1, -0.05) is 23.7 Å². The van der Waals surface area contributed by atoms with Crippen LogP contribution < -0.4 is 15.1 Å². The highest BCUT2D eigenvalue weighted by Gasteiger charge is 2.25. The molecule has 0 radical (unpaired) electrons. The number of aryl methyl sites for hydroxylation is 2. The van der Waals surface area contributed by atoms with Crippen molar-refractivity contribution in [2.24, 2.45) is 0 Å². The second kappa shape index (κ2) is 8.32. The van der Waals surface area contributed by atoms with E-state index >= 15 is 0 Å². The summed E-state index contributed by atoms with van der Waals surface area (Å²) in [6, 6.07) is 10.3. The standard InChI is InChI=1S/C19H24ClN3OS/c1-14-3-4-15(2)17(11-14)21-19(24)13-23-9-7-22(8-10-23)12-16-5-6-18(20)25-16/h3-6,11H,7-10,12-13H2,1-2H3,(H,21,24)/p+2. The van der Waals surface area contributed by atoms with Gasteiger partial charge in [0.25, 0.3) is 5.91 Å². The first-order valence-electron chi connectivity index (χ1n) is 8.78. The first kappa shape index (κ1) is 18.4. The summed E-state index contributed by atoms with van der Waals surface area (Å²) in [7, 11) is 0. The Balaban J connectivity index is 1.45. The fraction of sp³-hybridized carbons (Fsp3) is 0.421. The lowest BCUT2D eigenvalue weighted by Crippen LogP contribution is -3.28. The number of hydrogen-bond donors (Lipinski definition) is 3. The van der Waals surface area contributed by atoms with E-state index < -0.39 is 0 Å². The van der Waals surface area contributed by atoms with Gasteiger partial charge in [0.15, 0.2) is 6.54 Å². The van der Waals surface area contributed by atoms with Gasteiger partial charge < -0.3 is 15.1 Å². The number of piperazine rings is 1. The summed E-state index contributed by atoms with van der Waals surface area (Å²) in [5.74, 6) is 0.109. The third-order valence-corrected chi connectivity index (χ3v) is 6.03. The van der Waals surface area contributed by atoms with Crippen LogP contribution in [0, 0.1) is 13.8 Å². The van der Waals surface area contributed by atoms with Gasteiger partial charge in [0.2, 0.25) is 0 Å². The number of carbonyl (C=O) groups is 1. The Labute approximate surface area is 158 Å². The van der Waals surface area contributed by atoms with Crippen LogP contribution in [-0.2, 0) is 11.3 Å². The minimum Gasteiger partial charge on any atom is -0.321 e. The molecule has 1 aromatic heterocycles. The summed E-state index contributed by atoms with van der Waals surface area (Å²) in [5, 5.41) is 3.07. The molecule has 1 amide bonds. The van der Waals surface area contributed by atoms with Crippen LogP contribution in [0.15, 0.2) is 30.3 Å². The number of quaternary nitrogens is 2. The van der Waals surface area contributed by atoms with E-state index in [-0.39, 0.29) is 5.91 Å². The second-order valence-electron chi connectivity index (χ2n) is 6.93. The molecule has 0 unspecified atom stereocenters. The van der Waals surface area contributed by atoms with Gasteiger partial charge in [-0.05, 0) is 43.2 Å². The third kappa shape index (κ3) is 5.28. The topological polar surface area (TPSA) is 38.0 Å². The Hall–Kier alpha value is -1.40. The number of rotatable bonds is 5. The molecule has 134 valence electrons. The summed E-state index contributed by atoms with van der Waals surface area (Å²) in [4.78, 5) is 16.7. The zero-order chi connectivity index (χ0) is 17.8. The molecule has 0 saturated carbocycles. The summed E-state index contributed by atoms with van der Waals surface area (Å²) in [6.07, 6.45) is 0. The molecule has 0 bridgehead atoms. The van der Waals surface area contributed by atoms with Gasteiger partial charge in [0, 0.05) is 5.69 Å². The van der Waals surface area contributed by atoms with Crippen LogP contribution in [-0.4, -0.2) is 38.6 Å². The van der Waals surface area contributed by atoms with E-state index in [9.17, 15) is 4.79 Å². The molecule has 0 spiro atoms. The van der Waals surface area contributed by atoms with Crippen molar-refractivity contribution in [3.8, 4) is 0 Å². The van der Waals surface area contributed by atoms with Gasteiger partial charge in [0.1, 0.15) is 32.7 Å². The number of hydrogen-bond acceptors (Lipinski definition) is 2. The fourth-order valence-electron chi connectivity index (χ4n) is 3.30. The third-order valence-electron chi connectivity index (χ3n) is 4.80. The number of nitrogens with one attached hydrogen (secondary N) is 3. The zero-order valence-electron chi connectivity index (χ0n) is 14.8. The lowest BCUT2D eigenvalue weighted by Gasteiger charge is -2.29. The molecular formula is C19H26ClN3OS+2.